The smallest absolute Gasteiger partial charge is 0.321 e. The van der Waals surface area contributed by atoms with Crippen LogP contribution in [-0.4, -0.2) is 18.0 Å². The molecular formula is C7H12N2O2. The van der Waals surface area contributed by atoms with Crippen molar-refractivity contribution in [3.63, 3.8) is 0 Å². The standard InChI is InChI=1S/C7H12N2O2/c1-4-5(2)8-7(11)9-6(3)10/h4-5H,1H2,2-3H3,(H2,8,9,10,11). The van der Waals surface area contributed by atoms with Gasteiger partial charge in [0, 0.05) is 13.0 Å². The number of carbonyl (C=O) groups excluding carboxylic acids is 2. The molecule has 0 aromatic carbocycles. The maximum absolute atomic E-state index is 10.7. The van der Waals surface area contributed by atoms with Gasteiger partial charge in [-0.1, -0.05) is 6.08 Å². The largest absolute Gasteiger partial charge is 0.332 e. The average Bonchev–Trinajstić information content (AvgIpc) is 1.85. The molecular weight excluding hydrogens is 144 g/mol. The maximum Gasteiger partial charge on any atom is 0.321 e. The first kappa shape index (κ1) is 9.68. The van der Waals surface area contributed by atoms with Gasteiger partial charge in [0.2, 0.25) is 5.91 Å². The lowest BCUT2D eigenvalue weighted by Crippen LogP contribution is -2.41. The van der Waals surface area contributed by atoms with Gasteiger partial charge in [0.1, 0.15) is 0 Å². The van der Waals surface area contributed by atoms with Crippen molar-refractivity contribution in [1.29, 1.82) is 0 Å². The molecule has 0 rings (SSSR count). The van der Waals surface area contributed by atoms with Crippen molar-refractivity contribution < 1.29 is 9.59 Å². The fourth-order valence-electron chi connectivity index (χ4n) is 0.462. The molecule has 2 N–H and O–H groups in total. The summed E-state index contributed by atoms with van der Waals surface area (Å²) in [6, 6.07) is -0.626. The predicted octanol–water partition coefficient (Wildman–Crippen LogP) is 0.407. The molecule has 0 fully saturated rings. The number of nitrogens with one attached hydrogen (secondary N) is 2. The predicted molar refractivity (Wildman–Crippen MR) is 42.0 cm³/mol. The number of urea groups is 1. The van der Waals surface area contributed by atoms with E-state index in [1.807, 2.05) is 0 Å². The molecule has 0 radical (unpaired) electrons. The third kappa shape index (κ3) is 5.14. The maximum atomic E-state index is 10.7. The molecule has 0 saturated carbocycles. The second-order valence-electron chi connectivity index (χ2n) is 2.18. The van der Waals surface area contributed by atoms with Crippen LogP contribution in [0, 0.1) is 0 Å². The summed E-state index contributed by atoms with van der Waals surface area (Å²) in [6.07, 6.45) is 1.57. The number of amides is 3. The Kier molecular flexibility index (Phi) is 3.95. The molecule has 4 heteroatoms. The van der Waals surface area contributed by atoms with E-state index in [1.165, 1.54) is 6.92 Å². The van der Waals surface area contributed by atoms with Gasteiger partial charge in [-0.2, -0.15) is 0 Å². The summed E-state index contributed by atoms with van der Waals surface area (Å²) >= 11 is 0. The highest BCUT2D eigenvalue weighted by molar-refractivity contribution is 5.93. The van der Waals surface area contributed by atoms with Crippen LogP contribution in [0.3, 0.4) is 0 Å². The summed E-state index contributed by atoms with van der Waals surface area (Å²) in [7, 11) is 0. The zero-order chi connectivity index (χ0) is 8.85. The first-order valence-electron chi connectivity index (χ1n) is 3.27. The lowest BCUT2D eigenvalue weighted by atomic mass is 10.3. The highest BCUT2D eigenvalue weighted by Gasteiger charge is 2.03. The average molecular weight is 156 g/mol. The van der Waals surface area contributed by atoms with Crippen molar-refractivity contribution in [3.05, 3.63) is 12.7 Å². The van der Waals surface area contributed by atoms with Gasteiger partial charge in [-0.05, 0) is 6.92 Å². The molecule has 0 aromatic rings. The summed E-state index contributed by atoms with van der Waals surface area (Å²) < 4.78 is 0. The van der Waals surface area contributed by atoms with Crippen LogP contribution in [-0.2, 0) is 4.79 Å². The molecule has 4 nitrogen and oxygen atoms in total. The molecule has 1 unspecified atom stereocenters. The van der Waals surface area contributed by atoms with E-state index in [1.54, 1.807) is 13.0 Å². The summed E-state index contributed by atoms with van der Waals surface area (Å²) in [5.41, 5.74) is 0. The molecule has 0 spiro atoms. The molecule has 0 aliphatic carbocycles. The van der Waals surface area contributed by atoms with Gasteiger partial charge < -0.3 is 5.32 Å². The van der Waals surface area contributed by atoms with Crippen LogP contribution in [0.5, 0.6) is 0 Å². The van der Waals surface area contributed by atoms with E-state index in [2.05, 4.69) is 17.2 Å². The zero-order valence-electron chi connectivity index (χ0n) is 6.68. The van der Waals surface area contributed by atoms with Crippen molar-refractivity contribution >= 4 is 11.9 Å². The minimum Gasteiger partial charge on any atom is -0.332 e. The summed E-state index contributed by atoms with van der Waals surface area (Å²) in [5.74, 6) is -0.376. The van der Waals surface area contributed by atoms with Gasteiger partial charge in [0.25, 0.3) is 0 Å². The lowest BCUT2D eigenvalue weighted by molar-refractivity contribution is -0.117. The van der Waals surface area contributed by atoms with Crippen LogP contribution in [0.25, 0.3) is 0 Å². The van der Waals surface area contributed by atoms with E-state index < -0.39 is 6.03 Å². The minimum absolute atomic E-state index is 0.130. The van der Waals surface area contributed by atoms with Gasteiger partial charge in [-0.25, -0.2) is 4.79 Å². The van der Waals surface area contributed by atoms with E-state index in [4.69, 9.17) is 0 Å². The minimum atomic E-state index is -0.495. The van der Waals surface area contributed by atoms with Crippen LogP contribution in [0.1, 0.15) is 13.8 Å². The Hall–Kier alpha value is -1.32. The Balaban J connectivity index is 3.69. The van der Waals surface area contributed by atoms with Crippen molar-refractivity contribution in [3.8, 4) is 0 Å². The molecule has 0 aliphatic heterocycles. The van der Waals surface area contributed by atoms with Crippen LogP contribution in [0.15, 0.2) is 12.7 Å². The molecule has 3 amide bonds. The monoisotopic (exact) mass is 156 g/mol. The van der Waals surface area contributed by atoms with E-state index in [-0.39, 0.29) is 11.9 Å². The lowest BCUT2D eigenvalue weighted by Gasteiger charge is -2.07. The topological polar surface area (TPSA) is 58.2 Å². The van der Waals surface area contributed by atoms with Gasteiger partial charge in [-0.15, -0.1) is 6.58 Å². The molecule has 0 aliphatic rings. The Bertz CT molecular complexity index is 177. The quantitative estimate of drug-likeness (QED) is 0.569. The number of rotatable bonds is 2. The summed E-state index contributed by atoms with van der Waals surface area (Å²) in [5, 5.41) is 4.54. The number of hydrogen-bond donors (Lipinski definition) is 2. The van der Waals surface area contributed by atoms with Gasteiger partial charge >= 0.3 is 6.03 Å². The Morgan fingerprint density at radius 2 is 2.09 bits per heavy atom. The van der Waals surface area contributed by atoms with Crippen LogP contribution in [0.2, 0.25) is 0 Å². The molecule has 0 aromatic heterocycles. The Labute approximate surface area is 65.7 Å². The van der Waals surface area contributed by atoms with Crippen molar-refractivity contribution in [2.75, 3.05) is 0 Å². The summed E-state index contributed by atoms with van der Waals surface area (Å²) in [4.78, 5) is 21.1. The van der Waals surface area contributed by atoms with E-state index >= 15 is 0 Å². The van der Waals surface area contributed by atoms with Gasteiger partial charge in [-0.3, -0.25) is 10.1 Å². The first-order chi connectivity index (χ1) is 5.06. The van der Waals surface area contributed by atoms with Crippen molar-refractivity contribution in [2.24, 2.45) is 0 Å². The van der Waals surface area contributed by atoms with Crippen LogP contribution < -0.4 is 10.6 Å². The number of carbonyl (C=O) groups is 2. The Morgan fingerprint density at radius 3 is 2.45 bits per heavy atom. The Morgan fingerprint density at radius 1 is 1.55 bits per heavy atom. The third-order valence-electron chi connectivity index (χ3n) is 1.00. The number of hydrogen-bond acceptors (Lipinski definition) is 2. The second-order valence-corrected chi connectivity index (χ2v) is 2.18. The summed E-state index contributed by atoms with van der Waals surface area (Å²) in [6.45, 7) is 6.50. The fraction of sp³-hybridized carbons (Fsp3) is 0.429. The van der Waals surface area contributed by atoms with Crippen LogP contribution in [0.4, 0.5) is 4.79 Å². The highest BCUT2D eigenvalue weighted by Crippen LogP contribution is 1.79. The zero-order valence-corrected chi connectivity index (χ0v) is 6.68. The number of imide groups is 1. The van der Waals surface area contributed by atoms with E-state index in [9.17, 15) is 9.59 Å². The highest BCUT2D eigenvalue weighted by atomic mass is 16.2. The molecule has 62 valence electrons. The third-order valence-corrected chi connectivity index (χ3v) is 1.00. The first-order valence-corrected chi connectivity index (χ1v) is 3.27. The molecule has 1 atom stereocenters. The van der Waals surface area contributed by atoms with Crippen molar-refractivity contribution in [1.82, 2.24) is 10.6 Å². The van der Waals surface area contributed by atoms with Gasteiger partial charge in [0.15, 0.2) is 0 Å². The molecule has 0 heterocycles. The van der Waals surface area contributed by atoms with Gasteiger partial charge in [0.05, 0.1) is 0 Å². The SMILES string of the molecule is C=CC(C)NC(=O)NC(C)=O. The molecule has 0 saturated heterocycles. The van der Waals surface area contributed by atoms with Crippen LogP contribution >= 0.6 is 0 Å². The van der Waals surface area contributed by atoms with E-state index in [0.29, 0.717) is 0 Å². The second kappa shape index (κ2) is 4.49. The molecule has 11 heavy (non-hydrogen) atoms. The molecule has 0 bridgehead atoms. The normalized spacial score (nSPS) is 11.5. The van der Waals surface area contributed by atoms with Crippen molar-refractivity contribution in [2.45, 2.75) is 19.9 Å². The van der Waals surface area contributed by atoms with E-state index in [0.717, 1.165) is 0 Å². The fourth-order valence-corrected chi connectivity index (χ4v) is 0.462.